The first kappa shape index (κ1) is 15.6. The van der Waals surface area contributed by atoms with Crippen molar-refractivity contribution in [1.29, 1.82) is 5.26 Å². The van der Waals surface area contributed by atoms with Gasteiger partial charge in [-0.2, -0.15) is 5.26 Å². The highest BCUT2D eigenvalue weighted by Gasteiger charge is 2.19. The summed E-state index contributed by atoms with van der Waals surface area (Å²) in [5, 5.41) is 12.4. The van der Waals surface area contributed by atoms with Gasteiger partial charge < -0.3 is 4.74 Å². The molecule has 0 unspecified atom stereocenters. The lowest BCUT2D eigenvalue weighted by atomic mass is 10.2. The van der Waals surface area contributed by atoms with Gasteiger partial charge in [-0.1, -0.05) is 11.6 Å². The van der Waals surface area contributed by atoms with Crippen molar-refractivity contribution in [3.63, 3.8) is 0 Å². The van der Waals surface area contributed by atoms with Crippen LogP contribution in [-0.2, 0) is 4.74 Å². The van der Waals surface area contributed by atoms with Crippen LogP contribution >= 0.6 is 23.4 Å². The van der Waals surface area contributed by atoms with Gasteiger partial charge in [-0.05, 0) is 44.7 Å². The fourth-order valence-corrected chi connectivity index (χ4v) is 1.86. The number of hydrogen-bond acceptors (Lipinski definition) is 4. The topological polar surface area (TPSA) is 62.1 Å². The molecule has 0 fully saturated rings. The predicted molar refractivity (Wildman–Crippen MR) is 72.7 cm³/mol. The molecule has 0 aromatic heterocycles. The molecule has 1 rings (SSSR count). The van der Waals surface area contributed by atoms with Crippen LogP contribution in [0.1, 0.15) is 20.8 Å². The molecule has 0 saturated heterocycles. The number of anilines is 1. The fourth-order valence-electron chi connectivity index (χ4n) is 1.17. The lowest BCUT2D eigenvalue weighted by Crippen LogP contribution is -2.27. The van der Waals surface area contributed by atoms with Gasteiger partial charge in [0, 0.05) is 4.90 Å². The van der Waals surface area contributed by atoms with Crippen molar-refractivity contribution in [3.8, 4) is 5.40 Å². The van der Waals surface area contributed by atoms with E-state index < -0.39 is 17.5 Å². The molecule has 0 radical (unpaired) electrons. The van der Waals surface area contributed by atoms with Gasteiger partial charge in [-0.25, -0.2) is 9.18 Å². The summed E-state index contributed by atoms with van der Waals surface area (Å²) in [4.78, 5) is 11.8. The van der Waals surface area contributed by atoms with Gasteiger partial charge in [0.2, 0.25) is 0 Å². The molecule has 1 N–H and O–H groups in total. The quantitative estimate of drug-likeness (QED) is 0.649. The normalized spacial score (nSPS) is 10.7. The Kier molecular flexibility index (Phi) is 5.04. The molecule has 0 atom stereocenters. The van der Waals surface area contributed by atoms with Crippen LogP contribution < -0.4 is 5.32 Å². The molecule has 0 saturated carbocycles. The number of carbonyl (C=O) groups is 1. The molecule has 1 aromatic rings. The Bertz CT molecular complexity index is 538. The van der Waals surface area contributed by atoms with Gasteiger partial charge in [0.1, 0.15) is 11.0 Å². The number of thioether (sulfide) groups is 1. The molecule has 19 heavy (non-hydrogen) atoms. The molecule has 0 spiro atoms. The number of nitrogens with one attached hydrogen (secondary N) is 1. The van der Waals surface area contributed by atoms with Crippen molar-refractivity contribution in [2.45, 2.75) is 31.3 Å². The Hall–Kier alpha value is -1.45. The van der Waals surface area contributed by atoms with Crippen molar-refractivity contribution in [3.05, 3.63) is 23.0 Å². The zero-order valence-corrected chi connectivity index (χ0v) is 12.2. The monoisotopic (exact) mass is 302 g/mol. The van der Waals surface area contributed by atoms with Crippen molar-refractivity contribution in [2.75, 3.05) is 5.32 Å². The highest BCUT2D eigenvalue weighted by atomic mass is 35.5. The zero-order valence-electron chi connectivity index (χ0n) is 10.6. The maximum absolute atomic E-state index is 13.9. The van der Waals surface area contributed by atoms with Crippen molar-refractivity contribution in [2.24, 2.45) is 0 Å². The molecule has 0 heterocycles. The Morgan fingerprint density at radius 2 is 2.16 bits per heavy atom. The van der Waals surface area contributed by atoms with Gasteiger partial charge in [-0.3, -0.25) is 5.32 Å². The summed E-state index contributed by atoms with van der Waals surface area (Å²) < 4.78 is 18.9. The number of nitrogens with zero attached hydrogens (tertiary/aromatic N) is 1. The summed E-state index contributed by atoms with van der Waals surface area (Å²) in [6.45, 7) is 5.09. The highest BCUT2D eigenvalue weighted by molar-refractivity contribution is 8.03. The van der Waals surface area contributed by atoms with Crippen LogP contribution in [0.25, 0.3) is 0 Å². The number of ether oxygens (including phenoxy) is 1. The van der Waals surface area contributed by atoms with E-state index in [2.05, 4.69) is 5.32 Å². The first-order valence-electron chi connectivity index (χ1n) is 5.28. The van der Waals surface area contributed by atoms with E-state index in [9.17, 15) is 9.18 Å². The molecular formula is C12H12ClFN2O2S. The minimum absolute atomic E-state index is 0.0958. The predicted octanol–water partition coefficient (Wildman–Crippen LogP) is 4.40. The van der Waals surface area contributed by atoms with Crippen LogP contribution in [0.5, 0.6) is 0 Å². The van der Waals surface area contributed by atoms with E-state index in [-0.39, 0.29) is 15.6 Å². The lowest BCUT2D eigenvalue weighted by Gasteiger charge is -2.20. The van der Waals surface area contributed by atoms with Crippen LogP contribution in [0.4, 0.5) is 14.9 Å². The largest absolute Gasteiger partial charge is 0.444 e. The van der Waals surface area contributed by atoms with E-state index in [1.807, 2.05) is 0 Å². The summed E-state index contributed by atoms with van der Waals surface area (Å²) in [7, 11) is 0. The van der Waals surface area contributed by atoms with Crippen molar-refractivity contribution >= 4 is 35.1 Å². The maximum Gasteiger partial charge on any atom is 0.412 e. The molecule has 0 bridgehead atoms. The van der Waals surface area contributed by atoms with Crippen LogP contribution in [-0.4, -0.2) is 11.7 Å². The highest BCUT2D eigenvalue weighted by Crippen LogP contribution is 2.32. The second-order valence-electron chi connectivity index (χ2n) is 4.56. The maximum atomic E-state index is 13.9. The summed E-state index contributed by atoms with van der Waals surface area (Å²) in [6, 6.07) is 2.77. The molecule has 0 aliphatic carbocycles. The standard InChI is InChI=1S/C12H12ClFN2O2S/c1-12(2,3)18-11(17)16-7-4-5-8(19-6-15)9(13)10(7)14/h4-5H,1-3H3,(H,16,17). The number of amides is 1. The first-order chi connectivity index (χ1) is 8.74. The van der Waals surface area contributed by atoms with Gasteiger partial charge in [0.15, 0.2) is 5.82 Å². The number of hydrogen-bond donors (Lipinski definition) is 1. The second kappa shape index (κ2) is 6.13. The van der Waals surface area contributed by atoms with E-state index in [1.165, 1.54) is 12.1 Å². The van der Waals surface area contributed by atoms with Crippen molar-refractivity contribution < 1.29 is 13.9 Å². The molecule has 0 aliphatic rings. The average Bonchev–Trinajstić information content (AvgIpc) is 2.26. The smallest absolute Gasteiger partial charge is 0.412 e. The fraction of sp³-hybridized carbons (Fsp3) is 0.333. The van der Waals surface area contributed by atoms with Crippen LogP contribution in [0.15, 0.2) is 17.0 Å². The minimum atomic E-state index is -0.798. The number of benzene rings is 1. The number of nitriles is 1. The van der Waals surface area contributed by atoms with E-state index >= 15 is 0 Å². The molecule has 1 amide bonds. The third-order valence-corrected chi connectivity index (χ3v) is 2.97. The SMILES string of the molecule is CC(C)(C)OC(=O)Nc1ccc(SC#N)c(Cl)c1F. The molecular weight excluding hydrogens is 291 g/mol. The van der Waals surface area contributed by atoms with Crippen molar-refractivity contribution in [1.82, 2.24) is 0 Å². The summed E-state index contributed by atoms with van der Waals surface area (Å²) in [5.74, 6) is -0.798. The van der Waals surface area contributed by atoms with E-state index in [0.717, 1.165) is 11.8 Å². The summed E-state index contributed by atoms with van der Waals surface area (Å²) in [5.41, 5.74) is -0.775. The van der Waals surface area contributed by atoms with Gasteiger partial charge in [0.05, 0.1) is 10.7 Å². The average molecular weight is 303 g/mol. The van der Waals surface area contributed by atoms with Crippen LogP contribution in [0.2, 0.25) is 5.02 Å². The lowest BCUT2D eigenvalue weighted by molar-refractivity contribution is 0.0635. The number of rotatable bonds is 2. The van der Waals surface area contributed by atoms with E-state index in [0.29, 0.717) is 0 Å². The summed E-state index contributed by atoms with van der Waals surface area (Å²) >= 11 is 6.50. The molecule has 0 aliphatic heterocycles. The van der Waals surface area contributed by atoms with Crippen LogP contribution in [0.3, 0.4) is 0 Å². The van der Waals surface area contributed by atoms with Crippen LogP contribution in [0, 0.1) is 16.5 Å². The number of carbonyl (C=O) groups excluding carboxylic acids is 1. The second-order valence-corrected chi connectivity index (χ2v) is 5.76. The summed E-state index contributed by atoms with van der Waals surface area (Å²) in [6.07, 6.45) is -0.775. The third-order valence-electron chi connectivity index (χ3n) is 1.84. The van der Waals surface area contributed by atoms with E-state index in [1.54, 1.807) is 26.2 Å². The minimum Gasteiger partial charge on any atom is -0.444 e. The third kappa shape index (κ3) is 4.62. The van der Waals surface area contributed by atoms with Gasteiger partial charge in [-0.15, -0.1) is 0 Å². The molecule has 102 valence electrons. The Morgan fingerprint density at radius 1 is 1.53 bits per heavy atom. The van der Waals surface area contributed by atoms with Gasteiger partial charge >= 0.3 is 6.09 Å². The van der Waals surface area contributed by atoms with Gasteiger partial charge in [0.25, 0.3) is 0 Å². The number of halogens is 2. The Balaban J connectivity index is 2.89. The number of thiocyanates is 1. The Morgan fingerprint density at radius 3 is 2.68 bits per heavy atom. The zero-order chi connectivity index (χ0) is 14.6. The molecule has 7 heteroatoms. The molecule has 4 nitrogen and oxygen atoms in total. The van der Waals surface area contributed by atoms with E-state index in [4.69, 9.17) is 21.6 Å². The Labute approximate surface area is 119 Å². The first-order valence-corrected chi connectivity index (χ1v) is 6.48. The molecule has 1 aromatic carbocycles.